The highest BCUT2D eigenvalue weighted by molar-refractivity contribution is 5.95. The summed E-state index contributed by atoms with van der Waals surface area (Å²) in [6, 6.07) is 19.6. The summed E-state index contributed by atoms with van der Waals surface area (Å²) in [6.07, 6.45) is 2.96. The van der Waals surface area contributed by atoms with Crippen LogP contribution >= 0.6 is 0 Å². The van der Waals surface area contributed by atoms with Crippen molar-refractivity contribution < 1.29 is 9.53 Å². The summed E-state index contributed by atoms with van der Waals surface area (Å²) >= 11 is 0. The normalized spacial score (nSPS) is 10.6. The van der Waals surface area contributed by atoms with E-state index < -0.39 is 0 Å². The van der Waals surface area contributed by atoms with Crippen molar-refractivity contribution in [2.24, 2.45) is 0 Å². The Morgan fingerprint density at radius 1 is 0.964 bits per heavy atom. The summed E-state index contributed by atoms with van der Waals surface area (Å²) < 4.78 is 7.47. The number of ether oxygens (including phenoxy) is 1. The Hall–Kier alpha value is -3.80. The molecule has 0 fully saturated rings. The number of hydrogen-bond donors (Lipinski definition) is 0. The Balaban J connectivity index is 1.56. The fourth-order valence-corrected chi connectivity index (χ4v) is 2.95. The van der Waals surface area contributed by atoms with Crippen molar-refractivity contribution in [3.8, 4) is 28.6 Å². The van der Waals surface area contributed by atoms with E-state index in [2.05, 4.69) is 27.2 Å². The molecule has 0 atom stereocenters. The van der Waals surface area contributed by atoms with Crippen LogP contribution in [0.2, 0.25) is 0 Å². The summed E-state index contributed by atoms with van der Waals surface area (Å²) in [5, 5.41) is 4.25. The van der Waals surface area contributed by atoms with Gasteiger partial charge in [0, 0.05) is 6.07 Å². The number of nitrogens with zero attached hydrogens (tertiary/aromatic N) is 4. The minimum absolute atomic E-state index is 0.0345. The number of hydrogen-bond acceptors (Lipinski definition) is 5. The number of Topliss-reactive ketones (excluding diaryl/α,β-unsaturated/α-hetero) is 1. The van der Waals surface area contributed by atoms with Crippen LogP contribution in [0.1, 0.15) is 23.0 Å². The van der Waals surface area contributed by atoms with Gasteiger partial charge in [0.05, 0.1) is 17.5 Å². The van der Waals surface area contributed by atoms with Gasteiger partial charge in [0.2, 0.25) is 5.88 Å². The lowest BCUT2D eigenvalue weighted by Gasteiger charge is -2.08. The zero-order chi connectivity index (χ0) is 19.5. The maximum absolute atomic E-state index is 11.6. The lowest BCUT2D eigenvalue weighted by molar-refractivity contribution is 0.101. The molecule has 2 aromatic carbocycles. The first kappa shape index (κ1) is 17.6. The number of rotatable bonds is 5. The molecule has 0 aliphatic carbocycles. The fourth-order valence-electron chi connectivity index (χ4n) is 2.95. The summed E-state index contributed by atoms with van der Waals surface area (Å²) in [4.78, 5) is 20.0. The monoisotopic (exact) mass is 370 g/mol. The molecule has 0 aliphatic rings. The Kier molecular flexibility index (Phi) is 4.68. The minimum Gasteiger partial charge on any atom is -0.439 e. The average Bonchev–Trinajstić information content (AvgIpc) is 3.11. The molecule has 0 N–H and O–H groups in total. The van der Waals surface area contributed by atoms with Crippen LogP contribution in [0.15, 0.2) is 73.2 Å². The Morgan fingerprint density at radius 2 is 1.68 bits per heavy atom. The van der Waals surface area contributed by atoms with Gasteiger partial charge in [-0.15, -0.1) is 0 Å². The number of benzene rings is 2. The Morgan fingerprint density at radius 3 is 2.36 bits per heavy atom. The van der Waals surface area contributed by atoms with Crippen LogP contribution in [-0.2, 0) is 0 Å². The molecule has 138 valence electrons. The zero-order valence-corrected chi connectivity index (χ0v) is 15.5. The van der Waals surface area contributed by atoms with Gasteiger partial charge in [-0.1, -0.05) is 42.5 Å². The van der Waals surface area contributed by atoms with Crippen molar-refractivity contribution in [3.05, 3.63) is 84.4 Å². The van der Waals surface area contributed by atoms with Crippen LogP contribution in [0.25, 0.3) is 16.9 Å². The summed E-state index contributed by atoms with van der Waals surface area (Å²) in [7, 11) is 0. The molecule has 0 aliphatic heterocycles. The van der Waals surface area contributed by atoms with E-state index in [9.17, 15) is 4.79 Å². The van der Waals surface area contributed by atoms with Crippen LogP contribution in [0.3, 0.4) is 0 Å². The second kappa shape index (κ2) is 7.44. The third-order valence-corrected chi connectivity index (χ3v) is 4.42. The van der Waals surface area contributed by atoms with Crippen molar-refractivity contribution in [1.29, 1.82) is 0 Å². The van der Waals surface area contributed by atoms with E-state index in [4.69, 9.17) is 4.74 Å². The Labute approximate surface area is 162 Å². The molecule has 0 saturated carbocycles. The molecule has 4 aromatic rings. The van der Waals surface area contributed by atoms with Crippen LogP contribution in [0, 0.1) is 6.92 Å². The molecule has 2 heterocycles. The SMILES string of the molecule is CC(=O)c1cnn(-c2cc(Oc3ccc(-c4ccccc4)cc3)ncn2)c1C. The maximum Gasteiger partial charge on any atom is 0.224 e. The van der Waals surface area contributed by atoms with Crippen molar-refractivity contribution in [1.82, 2.24) is 19.7 Å². The van der Waals surface area contributed by atoms with Crippen LogP contribution in [0.5, 0.6) is 11.6 Å². The average molecular weight is 370 g/mol. The molecule has 0 amide bonds. The molecule has 28 heavy (non-hydrogen) atoms. The molecular weight excluding hydrogens is 352 g/mol. The van der Waals surface area contributed by atoms with E-state index in [-0.39, 0.29) is 5.78 Å². The van der Waals surface area contributed by atoms with Crippen LogP contribution in [0.4, 0.5) is 0 Å². The van der Waals surface area contributed by atoms with Crippen molar-refractivity contribution in [2.45, 2.75) is 13.8 Å². The number of carbonyl (C=O) groups is 1. The molecule has 6 nitrogen and oxygen atoms in total. The summed E-state index contributed by atoms with van der Waals surface area (Å²) in [5.74, 6) is 1.58. The molecular formula is C22H18N4O2. The largest absolute Gasteiger partial charge is 0.439 e. The van der Waals surface area contributed by atoms with E-state index >= 15 is 0 Å². The van der Waals surface area contributed by atoms with Crippen LogP contribution in [-0.4, -0.2) is 25.5 Å². The van der Waals surface area contributed by atoms with E-state index in [1.54, 1.807) is 16.9 Å². The molecule has 0 unspecified atom stereocenters. The molecule has 4 rings (SSSR count). The minimum atomic E-state index is -0.0345. The number of ketones is 1. The van der Waals surface area contributed by atoms with Crippen molar-refractivity contribution in [2.75, 3.05) is 0 Å². The Bertz CT molecular complexity index is 1120. The van der Waals surface area contributed by atoms with Gasteiger partial charge in [0.15, 0.2) is 11.6 Å². The summed E-state index contributed by atoms with van der Waals surface area (Å²) in [6.45, 7) is 3.34. The van der Waals surface area contributed by atoms with Gasteiger partial charge in [0.1, 0.15) is 12.1 Å². The number of carbonyl (C=O) groups excluding carboxylic acids is 1. The van der Waals surface area contributed by atoms with E-state index in [0.29, 0.717) is 23.0 Å². The van der Waals surface area contributed by atoms with Gasteiger partial charge in [-0.25, -0.2) is 14.6 Å². The molecule has 2 aromatic heterocycles. The van der Waals surface area contributed by atoms with Gasteiger partial charge in [-0.3, -0.25) is 4.79 Å². The predicted molar refractivity (Wildman–Crippen MR) is 106 cm³/mol. The fraction of sp³-hybridized carbons (Fsp3) is 0.0909. The predicted octanol–water partition coefficient (Wildman–Crippen LogP) is 4.63. The first-order valence-corrected chi connectivity index (χ1v) is 8.83. The third kappa shape index (κ3) is 3.53. The molecule has 6 heteroatoms. The van der Waals surface area contributed by atoms with Gasteiger partial charge >= 0.3 is 0 Å². The smallest absolute Gasteiger partial charge is 0.224 e. The summed E-state index contributed by atoms with van der Waals surface area (Å²) in [5.41, 5.74) is 3.55. The molecule has 0 bridgehead atoms. The first-order valence-electron chi connectivity index (χ1n) is 8.83. The molecule has 0 radical (unpaired) electrons. The lowest BCUT2D eigenvalue weighted by Crippen LogP contribution is -2.04. The molecule has 0 saturated heterocycles. The highest BCUT2D eigenvalue weighted by Crippen LogP contribution is 2.25. The second-order valence-corrected chi connectivity index (χ2v) is 6.32. The van der Waals surface area contributed by atoms with Gasteiger partial charge < -0.3 is 4.74 Å². The van der Waals surface area contributed by atoms with E-state index in [0.717, 1.165) is 16.8 Å². The van der Waals surface area contributed by atoms with Gasteiger partial charge in [0.25, 0.3) is 0 Å². The van der Waals surface area contributed by atoms with E-state index in [1.807, 2.05) is 49.4 Å². The standard InChI is InChI=1S/C22H18N4O2/c1-15-20(16(2)27)13-25-26(15)21-12-22(24-14-23-21)28-19-10-8-18(9-11-19)17-6-4-3-5-7-17/h3-14H,1-2H3. The van der Waals surface area contributed by atoms with Crippen molar-refractivity contribution >= 4 is 5.78 Å². The van der Waals surface area contributed by atoms with Gasteiger partial charge in [-0.05, 0) is 37.1 Å². The highest BCUT2D eigenvalue weighted by atomic mass is 16.5. The third-order valence-electron chi connectivity index (χ3n) is 4.42. The highest BCUT2D eigenvalue weighted by Gasteiger charge is 2.13. The van der Waals surface area contributed by atoms with Crippen molar-refractivity contribution in [3.63, 3.8) is 0 Å². The lowest BCUT2D eigenvalue weighted by atomic mass is 10.1. The second-order valence-electron chi connectivity index (χ2n) is 6.32. The topological polar surface area (TPSA) is 69.9 Å². The van der Waals surface area contributed by atoms with Crippen LogP contribution < -0.4 is 4.74 Å². The molecule has 0 spiro atoms. The number of aromatic nitrogens is 4. The first-order chi connectivity index (χ1) is 13.6. The maximum atomic E-state index is 11.6. The quantitative estimate of drug-likeness (QED) is 0.479. The van der Waals surface area contributed by atoms with E-state index in [1.165, 1.54) is 13.3 Å². The zero-order valence-electron chi connectivity index (χ0n) is 15.5. The van der Waals surface area contributed by atoms with Gasteiger partial charge in [-0.2, -0.15) is 5.10 Å².